The van der Waals surface area contributed by atoms with Crippen LogP contribution < -0.4 is 0 Å². The van der Waals surface area contributed by atoms with Crippen LogP contribution in [0.15, 0.2) is 11.6 Å². The zero-order valence-corrected chi connectivity index (χ0v) is 21.9. The molecule has 10 atom stereocenters. The van der Waals surface area contributed by atoms with Crippen molar-refractivity contribution in [1.29, 1.82) is 0 Å². The van der Waals surface area contributed by atoms with Gasteiger partial charge in [0.1, 0.15) is 6.10 Å². The highest BCUT2D eigenvalue weighted by Gasteiger charge is 2.82. The minimum Gasteiger partial charge on any atom is -0.455 e. The molecule has 1 heterocycles. The van der Waals surface area contributed by atoms with Gasteiger partial charge in [-0.2, -0.15) is 0 Å². The maximum absolute atomic E-state index is 11.9. The Balaban J connectivity index is 1.26. The Morgan fingerprint density at radius 3 is 2.36 bits per heavy atom. The summed E-state index contributed by atoms with van der Waals surface area (Å²) >= 11 is 0. The van der Waals surface area contributed by atoms with E-state index in [0.29, 0.717) is 33.5 Å². The van der Waals surface area contributed by atoms with Crippen molar-refractivity contribution in [1.82, 2.24) is 0 Å². The second-order valence-electron chi connectivity index (χ2n) is 14.5. The molecule has 5 aliphatic carbocycles. The normalized spacial score (nSPS) is 54.9. The third-order valence-electron chi connectivity index (χ3n) is 13.5. The molecule has 5 fully saturated rings. The molecule has 1 aliphatic heterocycles. The molecule has 2 spiro atoms. The van der Waals surface area contributed by atoms with E-state index in [0.717, 1.165) is 30.3 Å². The number of aliphatic hydroxyl groups is 1. The second-order valence-corrected chi connectivity index (χ2v) is 14.5. The third-order valence-corrected chi connectivity index (χ3v) is 13.5. The lowest BCUT2D eigenvalue weighted by molar-refractivity contribution is -0.162. The molecule has 6 rings (SSSR count). The van der Waals surface area contributed by atoms with Crippen molar-refractivity contribution in [3.05, 3.63) is 11.6 Å². The predicted octanol–water partition coefficient (Wildman–Crippen LogP) is 6.68. The quantitative estimate of drug-likeness (QED) is 0.484. The first-order valence-electron chi connectivity index (χ1n) is 14.0. The molecular formula is C30H46O3. The van der Waals surface area contributed by atoms with Crippen LogP contribution in [0.3, 0.4) is 0 Å². The number of cyclic esters (lactones) is 1. The van der Waals surface area contributed by atoms with Gasteiger partial charge in [0.05, 0.1) is 6.10 Å². The minimum atomic E-state index is -0.120. The summed E-state index contributed by atoms with van der Waals surface area (Å²) in [4.78, 5) is 11.9. The molecule has 0 bridgehead atoms. The summed E-state index contributed by atoms with van der Waals surface area (Å²) < 4.78 is 5.64. The van der Waals surface area contributed by atoms with E-state index in [1.54, 1.807) is 0 Å². The molecule has 1 N–H and O–H groups in total. The topological polar surface area (TPSA) is 46.5 Å². The van der Waals surface area contributed by atoms with Gasteiger partial charge in [-0.25, -0.2) is 4.79 Å². The number of esters is 1. The smallest absolute Gasteiger partial charge is 0.334 e. The fourth-order valence-corrected chi connectivity index (χ4v) is 11.6. The summed E-state index contributed by atoms with van der Waals surface area (Å²) in [5.74, 6) is 2.76. The first-order valence-corrected chi connectivity index (χ1v) is 14.0. The maximum atomic E-state index is 11.9. The summed E-state index contributed by atoms with van der Waals surface area (Å²) in [6, 6.07) is 0. The van der Waals surface area contributed by atoms with Crippen LogP contribution in [0.4, 0.5) is 0 Å². The molecule has 5 saturated carbocycles. The van der Waals surface area contributed by atoms with Gasteiger partial charge in [0.2, 0.25) is 0 Å². The van der Waals surface area contributed by atoms with Crippen molar-refractivity contribution in [2.24, 2.45) is 50.7 Å². The predicted molar refractivity (Wildman–Crippen MR) is 130 cm³/mol. The molecule has 0 amide bonds. The second kappa shape index (κ2) is 6.68. The van der Waals surface area contributed by atoms with Gasteiger partial charge in [-0.05, 0) is 128 Å². The number of hydrogen-bond acceptors (Lipinski definition) is 3. The Bertz CT molecular complexity index is 904. The Hall–Kier alpha value is -0.830. The zero-order valence-electron chi connectivity index (χ0n) is 21.9. The van der Waals surface area contributed by atoms with Crippen LogP contribution in [0.1, 0.15) is 106 Å². The van der Waals surface area contributed by atoms with Crippen molar-refractivity contribution in [2.75, 3.05) is 0 Å². The summed E-state index contributed by atoms with van der Waals surface area (Å²) in [6.07, 6.45) is 14.8. The molecule has 33 heavy (non-hydrogen) atoms. The van der Waals surface area contributed by atoms with Gasteiger partial charge in [0.15, 0.2) is 0 Å². The van der Waals surface area contributed by atoms with E-state index in [1.165, 1.54) is 51.4 Å². The van der Waals surface area contributed by atoms with E-state index in [9.17, 15) is 9.90 Å². The van der Waals surface area contributed by atoms with E-state index in [1.807, 2.05) is 6.92 Å². The van der Waals surface area contributed by atoms with Crippen LogP contribution in [0.5, 0.6) is 0 Å². The van der Waals surface area contributed by atoms with Gasteiger partial charge in [-0.1, -0.05) is 34.6 Å². The van der Waals surface area contributed by atoms with Crippen LogP contribution in [0, 0.1) is 50.7 Å². The number of fused-ring (bicyclic) bond motifs is 2. The van der Waals surface area contributed by atoms with Gasteiger partial charge in [-0.3, -0.25) is 0 Å². The first kappa shape index (κ1) is 22.6. The van der Waals surface area contributed by atoms with Gasteiger partial charge >= 0.3 is 5.97 Å². The molecule has 0 aromatic carbocycles. The van der Waals surface area contributed by atoms with Crippen molar-refractivity contribution < 1.29 is 14.6 Å². The molecule has 3 heteroatoms. The highest BCUT2D eigenvalue weighted by atomic mass is 16.5. The van der Waals surface area contributed by atoms with Crippen molar-refractivity contribution in [2.45, 2.75) is 118 Å². The fourth-order valence-electron chi connectivity index (χ4n) is 11.6. The van der Waals surface area contributed by atoms with Crippen LogP contribution in [0.25, 0.3) is 0 Å². The number of carbonyl (C=O) groups excluding carboxylic acids is 1. The molecule has 0 aromatic rings. The third kappa shape index (κ3) is 2.59. The van der Waals surface area contributed by atoms with E-state index in [4.69, 9.17) is 4.74 Å². The summed E-state index contributed by atoms with van der Waals surface area (Å²) in [6.45, 7) is 14.4. The van der Waals surface area contributed by atoms with E-state index in [-0.39, 0.29) is 23.6 Å². The Morgan fingerprint density at radius 2 is 1.67 bits per heavy atom. The lowest BCUT2D eigenvalue weighted by Gasteiger charge is -2.63. The molecule has 0 saturated heterocycles. The molecule has 184 valence electrons. The highest BCUT2D eigenvalue weighted by molar-refractivity contribution is 5.90. The van der Waals surface area contributed by atoms with E-state index in [2.05, 4.69) is 40.7 Å². The number of aliphatic hydroxyl groups excluding tert-OH is 1. The SMILES string of the molecule is CC1=C[C@@H](C[C@@H](C)[C@H]2CC[C@@]3(C)[C@@H]4CC[C@H]5C(C)(C)[C@H](O)CC[C@@]56C[C@@]46CC[C@]23C)OC1=O. The first-order chi connectivity index (χ1) is 15.4. The van der Waals surface area contributed by atoms with Crippen molar-refractivity contribution >= 4 is 5.97 Å². The largest absolute Gasteiger partial charge is 0.455 e. The van der Waals surface area contributed by atoms with Gasteiger partial charge in [0.25, 0.3) is 0 Å². The van der Waals surface area contributed by atoms with E-state index < -0.39 is 0 Å². The van der Waals surface area contributed by atoms with Crippen LogP contribution in [0.2, 0.25) is 0 Å². The monoisotopic (exact) mass is 454 g/mol. The van der Waals surface area contributed by atoms with Crippen molar-refractivity contribution in [3.8, 4) is 0 Å². The number of ether oxygens (including phenoxy) is 1. The average Bonchev–Trinajstić information content (AvgIpc) is 3.19. The highest BCUT2D eigenvalue weighted by Crippen LogP contribution is 2.89. The Kier molecular flexibility index (Phi) is 4.58. The van der Waals surface area contributed by atoms with E-state index >= 15 is 0 Å². The Labute approximate surface area is 201 Å². The van der Waals surface area contributed by atoms with Crippen LogP contribution in [-0.2, 0) is 9.53 Å². The van der Waals surface area contributed by atoms with Gasteiger partial charge in [0, 0.05) is 5.57 Å². The molecule has 3 nitrogen and oxygen atoms in total. The lowest BCUT2D eigenvalue weighted by atomic mass is 9.41. The summed E-state index contributed by atoms with van der Waals surface area (Å²) in [5, 5.41) is 10.9. The Morgan fingerprint density at radius 1 is 0.970 bits per heavy atom. The van der Waals surface area contributed by atoms with Gasteiger partial charge < -0.3 is 9.84 Å². The standard InChI is InChI=1S/C30H46O3/c1-18(15-20-16-19(2)25(32)33-20)21-9-11-28(6)23-8-7-22-26(3,4)24(31)10-12-29(22)17-30(23,29)14-13-27(21,28)5/h16,18,20-24,31H,7-15,17H2,1-6H3/t18-,20-,21-,22+,23+,24-,27-,28+,29-,30+/m1/s1. The molecule has 0 unspecified atom stereocenters. The maximum Gasteiger partial charge on any atom is 0.334 e. The number of rotatable bonds is 3. The lowest BCUT2D eigenvalue weighted by Crippen LogP contribution is -2.57. The molecule has 0 aromatic heterocycles. The minimum absolute atomic E-state index is 0.0177. The molecule has 0 radical (unpaired) electrons. The summed E-state index contributed by atoms with van der Waals surface area (Å²) in [5.41, 5.74) is 2.76. The number of hydrogen-bond donors (Lipinski definition) is 1. The zero-order chi connectivity index (χ0) is 23.6. The molecule has 6 aliphatic rings. The summed E-state index contributed by atoms with van der Waals surface area (Å²) in [7, 11) is 0. The number of carbonyl (C=O) groups is 1. The average molecular weight is 455 g/mol. The van der Waals surface area contributed by atoms with Crippen LogP contribution in [-0.4, -0.2) is 23.3 Å². The molecular weight excluding hydrogens is 408 g/mol. The van der Waals surface area contributed by atoms with Crippen LogP contribution >= 0.6 is 0 Å². The van der Waals surface area contributed by atoms with Crippen molar-refractivity contribution in [3.63, 3.8) is 0 Å². The fraction of sp³-hybridized carbons (Fsp3) is 0.900. The van der Waals surface area contributed by atoms with Gasteiger partial charge in [-0.15, -0.1) is 0 Å².